The summed E-state index contributed by atoms with van der Waals surface area (Å²) in [5, 5.41) is 4.50. The first-order valence-electron chi connectivity index (χ1n) is 12.2. The van der Waals surface area contributed by atoms with E-state index in [0.717, 1.165) is 6.92 Å². The number of ether oxygens (including phenoxy) is 3. The highest BCUT2D eigenvalue weighted by molar-refractivity contribution is 7.55. The number of esters is 2. The molecule has 0 aliphatic carbocycles. The van der Waals surface area contributed by atoms with Gasteiger partial charge in [0.25, 0.3) is 0 Å². The lowest BCUT2D eigenvalue weighted by molar-refractivity contribution is -0.156. The molecule has 0 heterocycles. The molecule has 218 valence electrons. The Bertz CT molecular complexity index is 1030. The molecule has 2 N–H and O–H groups in total. The van der Waals surface area contributed by atoms with E-state index in [9.17, 15) is 28.5 Å². The number of hydrogen-bond donors (Lipinski definition) is 2. The molecule has 0 saturated carbocycles. The standard InChI is InChI=1S/C25H37N2O11P/c1-7-36-39(33,37-8-2)22(23(31)38-25(4,5)6)27-21(30)20(14-19(29)16-34-17(3)28)26-24(32)35-15-18-12-10-9-11-13-18/h9-13,20,22H,7-8,14-16H2,1-6H3,(H,26,32)(H,27,30)/t20-,22?/m0/s1. The third kappa shape index (κ3) is 12.9. The topological polar surface area (TPSA) is 173 Å². The van der Waals surface area contributed by atoms with Crippen molar-refractivity contribution < 1.29 is 51.8 Å². The first-order chi connectivity index (χ1) is 18.2. The van der Waals surface area contributed by atoms with Gasteiger partial charge in [-0.25, -0.2) is 9.59 Å². The molecule has 1 rings (SSSR count). The number of ketones is 1. The van der Waals surface area contributed by atoms with E-state index >= 15 is 0 Å². The number of alkyl carbamates (subject to hydrolysis) is 1. The van der Waals surface area contributed by atoms with Crippen molar-refractivity contribution in [3.8, 4) is 0 Å². The SMILES string of the molecule is CCOP(=O)(OCC)C(NC(=O)[C@H](CC(=O)COC(C)=O)NC(=O)OCc1ccccc1)C(=O)OC(C)(C)C. The van der Waals surface area contributed by atoms with Gasteiger partial charge in [-0.1, -0.05) is 30.3 Å². The molecule has 0 aliphatic heterocycles. The van der Waals surface area contributed by atoms with Crippen LogP contribution < -0.4 is 10.6 Å². The minimum absolute atomic E-state index is 0.124. The van der Waals surface area contributed by atoms with Crippen molar-refractivity contribution in [1.82, 2.24) is 10.6 Å². The fourth-order valence-electron chi connectivity index (χ4n) is 2.99. The van der Waals surface area contributed by atoms with E-state index in [2.05, 4.69) is 15.4 Å². The van der Waals surface area contributed by atoms with Crippen LogP contribution in [-0.2, 0) is 53.6 Å². The molecule has 2 atom stereocenters. The maximum absolute atomic E-state index is 13.5. The quantitative estimate of drug-likeness (QED) is 0.180. The number of benzene rings is 1. The van der Waals surface area contributed by atoms with Crippen LogP contribution in [-0.4, -0.2) is 67.0 Å². The van der Waals surface area contributed by atoms with Crippen LogP contribution in [0.3, 0.4) is 0 Å². The van der Waals surface area contributed by atoms with Crippen molar-refractivity contribution in [2.75, 3.05) is 19.8 Å². The molecule has 0 fully saturated rings. The second-order valence-electron chi connectivity index (χ2n) is 9.10. The molecular formula is C25H37N2O11P. The third-order valence-electron chi connectivity index (χ3n) is 4.53. The van der Waals surface area contributed by atoms with Gasteiger partial charge in [-0.05, 0) is 40.2 Å². The Morgan fingerprint density at radius 3 is 2.03 bits per heavy atom. The summed E-state index contributed by atoms with van der Waals surface area (Å²) in [6.07, 6.45) is -1.69. The summed E-state index contributed by atoms with van der Waals surface area (Å²) in [6, 6.07) is 7.08. The van der Waals surface area contributed by atoms with Gasteiger partial charge in [-0.15, -0.1) is 0 Å². The molecule has 14 heteroatoms. The summed E-state index contributed by atoms with van der Waals surface area (Å²) in [5.41, 5.74) is -0.360. The smallest absolute Gasteiger partial charge is 0.408 e. The van der Waals surface area contributed by atoms with Gasteiger partial charge in [0.15, 0.2) is 5.78 Å². The van der Waals surface area contributed by atoms with Gasteiger partial charge >= 0.3 is 25.6 Å². The fourth-order valence-corrected chi connectivity index (χ4v) is 4.68. The first kappa shape index (κ1) is 33.7. The average Bonchev–Trinajstić information content (AvgIpc) is 2.84. The third-order valence-corrected chi connectivity index (χ3v) is 6.74. The minimum Gasteiger partial charge on any atom is -0.458 e. The second kappa shape index (κ2) is 16.0. The van der Waals surface area contributed by atoms with E-state index in [4.69, 9.17) is 18.5 Å². The fraction of sp³-hybridized carbons (Fsp3) is 0.560. The zero-order valence-corrected chi connectivity index (χ0v) is 23.9. The number of carbonyl (C=O) groups is 5. The Hall–Kier alpha value is -3.28. The summed E-state index contributed by atoms with van der Waals surface area (Å²) in [7, 11) is -4.32. The van der Waals surface area contributed by atoms with Crippen LogP contribution in [0.15, 0.2) is 30.3 Å². The molecule has 39 heavy (non-hydrogen) atoms. The largest absolute Gasteiger partial charge is 0.458 e. The number of rotatable bonds is 15. The summed E-state index contributed by atoms with van der Waals surface area (Å²) in [6.45, 7) is 7.78. The van der Waals surface area contributed by atoms with Crippen LogP contribution in [0.2, 0.25) is 0 Å². The monoisotopic (exact) mass is 572 g/mol. The Kier molecular flexibility index (Phi) is 13.8. The van der Waals surface area contributed by atoms with Crippen LogP contribution in [0.5, 0.6) is 0 Å². The lowest BCUT2D eigenvalue weighted by Gasteiger charge is -2.29. The summed E-state index contributed by atoms with van der Waals surface area (Å²) in [5.74, 6) is -5.56. The summed E-state index contributed by atoms with van der Waals surface area (Å²) < 4.78 is 39.1. The first-order valence-corrected chi connectivity index (χ1v) is 13.9. The minimum atomic E-state index is -4.32. The predicted molar refractivity (Wildman–Crippen MR) is 138 cm³/mol. The lowest BCUT2D eigenvalue weighted by atomic mass is 10.1. The molecular weight excluding hydrogens is 535 g/mol. The Morgan fingerprint density at radius 2 is 1.51 bits per heavy atom. The van der Waals surface area contributed by atoms with E-state index in [1.807, 2.05) is 0 Å². The Morgan fingerprint density at radius 1 is 0.923 bits per heavy atom. The molecule has 13 nitrogen and oxygen atoms in total. The van der Waals surface area contributed by atoms with Gasteiger partial charge in [0.1, 0.15) is 24.9 Å². The van der Waals surface area contributed by atoms with Crippen LogP contribution in [0, 0.1) is 0 Å². The van der Waals surface area contributed by atoms with Crippen molar-refractivity contribution in [1.29, 1.82) is 0 Å². The summed E-state index contributed by atoms with van der Waals surface area (Å²) in [4.78, 5) is 62.2. The van der Waals surface area contributed by atoms with Gasteiger partial charge in [-0.3, -0.25) is 18.9 Å². The maximum Gasteiger partial charge on any atom is 0.408 e. The second-order valence-corrected chi connectivity index (χ2v) is 11.2. The van der Waals surface area contributed by atoms with Crippen molar-refractivity contribution >= 4 is 37.3 Å². The predicted octanol–water partition coefficient (Wildman–Crippen LogP) is 2.85. The van der Waals surface area contributed by atoms with Crippen LogP contribution in [0.25, 0.3) is 0 Å². The summed E-state index contributed by atoms with van der Waals surface area (Å²) >= 11 is 0. The molecule has 2 amide bonds. The van der Waals surface area contributed by atoms with Crippen molar-refractivity contribution in [2.45, 2.75) is 72.0 Å². The number of nitrogens with one attached hydrogen (secondary N) is 2. The van der Waals surface area contributed by atoms with E-state index in [1.54, 1.807) is 51.1 Å². The van der Waals surface area contributed by atoms with Gasteiger partial charge in [0, 0.05) is 13.3 Å². The van der Waals surface area contributed by atoms with Gasteiger partial charge < -0.3 is 33.9 Å². The van der Waals surface area contributed by atoms with E-state index in [0.29, 0.717) is 5.56 Å². The number of carbonyl (C=O) groups excluding carboxylic acids is 5. The van der Waals surface area contributed by atoms with E-state index in [1.165, 1.54) is 13.8 Å². The van der Waals surface area contributed by atoms with Gasteiger partial charge in [0.05, 0.1) is 13.2 Å². The highest BCUT2D eigenvalue weighted by Gasteiger charge is 2.46. The normalized spacial score (nSPS) is 13.0. The molecule has 0 radical (unpaired) electrons. The van der Waals surface area contributed by atoms with Gasteiger partial charge in [0.2, 0.25) is 11.7 Å². The zero-order valence-electron chi connectivity index (χ0n) is 23.0. The molecule has 0 aliphatic rings. The molecule has 0 spiro atoms. The van der Waals surface area contributed by atoms with Gasteiger partial charge in [-0.2, -0.15) is 0 Å². The van der Waals surface area contributed by atoms with Crippen LogP contribution in [0.1, 0.15) is 53.5 Å². The molecule has 0 aromatic heterocycles. The molecule has 1 unspecified atom stereocenters. The van der Waals surface area contributed by atoms with Crippen LogP contribution in [0.4, 0.5) is 4.79 Å². The number of Topliss-reactive ketones (excluding diaryl/α,β-unsaturated/α-hetero) is 1. The number of amides is 2. The Labute approximate surface area is 227 Å². The van der Waals surface area contributed by atoms with Crippen molar-refractivity contribution in [3.63, 3.8) is 0 Å². The van der Waals surface area contributed by atoms with Crippen molar-refractivity contribution in [3.05, 3.63) is 35.9 Å². The highest BCUT2D eigenvalue weighted by Crippen LogP contribution is 2.52. The zero-order chi connectivity index (χ0) is 29.6. The van der Waals surface area contributed by atoms with Crippen LogP contribution >= 0.6 is 7.60 Å². The number of hydrogen-bond acceptors (Lipinski definition) is 11. The lowest BCUT2D eigenvalue weighted by Crippen LogP contribution is -2.53. The van der Waals surface area contributed by atoms with E-state index < -0.39 is 67.8 Å². The molecule has 1 aromatic rings. The molecule has 1 aromatic carbocycles. The van der Waals surface area contributed by atoms with E-state index in [-0.39, 0.29) is 19.8 Å². The van der Waals surface area contributed by atoms with Crippen molar-refractivity contribution in [2.24, 2.45) is 0 Å². The average molecular weight is 573 g/mol. The highest BCUT2D eigenvalue weighted by atomic mass is 31.2. The Balaban J connectivity index is 3.21. The maximum atomic E-state index is 13.5. The molecule has 0 bridgehead atoms. The molecule has 0 saturated heterocycles.